The van der Waals surface area contributed by atoms with Crippen LogP contribution in [0, 0.1) is 24.2 Å². The van der Waals surface area contributed by atoms with Crippen molar-refractivity contribution in [1.29, 1.82) is 5.26 Å². The van der Waals surface area contributed by atoms with Crippen molar-refractivity contribution in [3.05, 3.63) is 129 Å². The number of halogens is 1. The number of hydrogen-bond acceptors (Lipinski definition) is 11. The number of ether oxygens (including phenoxy) is 1. The van der Waals surface area contributed by atoms with Crippen molar-refractivity contribution in [1.82, 2.24) is 30.1 Å². The van der Waals surface area contributed by atoms with E-state index in [4.69, 9.17) is 26.1 Å². The lowest BCUT2D eigenvalue weighted by atomic mass is 9.89. The van der Waals surface area contributed by atoms with Crippen molar-refractivity contribution in [2.24, 2.45) is 5.92 Å². The highest BCUT2D eigenvalue weighted by molar-refractivity contribution is 7.13. The number of likely N-dealkylation sites (tertiary alicyclic amines) is 1. The summed E-state index contributed by atoms with van der Waals surface area (Å²) in [4.78, 5) is 48.2. The number of aromatic nitrogens is 4. The lowest BCUT2D eigenvalue weighted by Crippen LogP contribution is -2.44. The number of aliphatic hydroxyl groups is 1. The summed E-state index contributed by atoms with van der Waals surface area (Å²) in [6.45, 7) is 10.8. The zero-order chi connectivity index (χ0) is 47.6. The second kappa shape index (κ2) is 22.6. The van der Waals surface area contributed by atoms with Gasteiger partial charge >= 0.3 is 0 Å². The Balaban J connectivity index is 0.830. The van der Waals surface area contributed by atoms with Crippen molar-refractivity contribution in [3.8, 4) is 33.5 Å². The van der Waals surface area contributed by atoms with E-state index in [1.807, 2.05) is 94.9 Å². The number of aryl methyl sites for hydroxylation is 2. The van der Waals surface area contributed by atoms with Gasteiger partial charge in [0.25, 0.3) is 5.91 Å². The molecule has 6 aromatic rings. The lowest BCUT2D eigenvalue weighted by molar-refractivity contribution is -0.140. The van der Waals surface area contributed by atoms with E-state index in [9.17, 15) is 19.5 Å². The number of carbonyl (C=O) groups is 3. The predicted molar refractivity (Wildman–Crippen MR) is 259 cm³/mol. The average Bonchev–Trinajstić information content (AvgIpc) is 4.15. The van der Waals surface area contributed by atoms with E-state index < -0.39 is 18.1 Å². The van der Waals surface area contributed by atoms with Crippen molar-refractivity contribution in [2.75, 3.05) is 13.2 Å². The lowest BCUT2D eigenvalue weighted by Gasteiger charge is -2.29. The molecule has 350 valence electrons. The van der Waals surface area contributed by atoms with Gasteiger partial charge in [-0.05, 0) is 92.0 Å². The van der Waals surface area contributed by atoms with Gasteiger partial charge in [0, 0.05) is 42.8 Å². The number of thiazole rings is 1. The molecule has 0 radical (unpaired) electrons. The highest BCUT2D eigenvalue weighted by Crippen LogP contribution is 2.37. The Labute approximate surface area is 401 Å². The largest absolute Gasteiger partial charge is 0.488 e. The Hall–Kier alpha value is -6.14. The van der Waals surface area contributed by atoms with E-state index in [0.29, 0.717) is 40.8 Å². The van der Waals surface area contributed by atoms with E-state index in [1.54, 1.807) is 28.2 Å². The summed E-state index contributed by atoms with van der Waals surface area (Å²) in [6.07, 6.45) is 7.58. The van der Waals surface area contributed by atoms with Gasteiger partial charge in [0.15, 0.2) is 17.3 Å². The molecular formula is C52H58ClN7O6S. The molecule has 2 N–H and O–H groups in total. The molecule has 3 aromatic carbocycles. The minimum atomic E-state index is -0.798. The third-order valence-electron chi connectivity index (χ3n) is 12.4. The smallest absolute Gasteiger partial charge is 0.251 e. The van der Waals surface area contributed by atoms with Crippen LogP contribution in [0.5, 0.6) is 5.75 Å². The Morgan fingerprint density at radius 2 is 1.75 bits per heavy atom. The molecule has 1 aliphatic rings. The Bertz CT molecular complexity index is 2670. The average molecular weight is 945 g/mol. The van der Waals surface area contributed by atoms with Crippen LogP contribution in [0.25, 0.3) is 21.7 Å². The van der Waals surface area contributed by atoms with Crippen molar-refractivity contribution < 1.29 is 28.8 Å². The van der Waals surface area contributed by atoms with Gasteiger partial charge in [-0.15, -0.1) is 11.3 Å². The van der Waals surface area contributed by atoms with Crippen LogP contribution >= 0.6 is 22.9 Å². The van der Waals surface area contributed by atoms with Crippen LogP contribution in [0.1, 0.15) is 117 Å². The summed E-state index contributed by atoms with van der Waals surface area (Å²) in [5.41, 5.74) is 8.65. The number of aliphatic hydroxyl groups excluding tert-OH is 1. The second-order valence-corrected chi connectivity index (χ2v) is 19.2. The zero-order valence-electron chi connectivity index (χ0n) is 38.7. The first-order valence-electron chi connectivity index (χ1n) is 23.0. The number of benzene rings is 3. The molecule has 7 rings (SSSR count). The fraction of sp³-hybridized carbons (Fsp3) is 0.404. The van der Waals surface area contributed by atoms with Gasteiger partial charge < -0.3 is 24.6 Å². The normalized spacial score (nSPS) is 16.1. The van der Waals surface area contributed by atoms with E-state index >= 15 is 0 Å². The van der Waals surface area contributed by atoms with E-state index in [0.717, 1.165) is 70.6 Å². The molecule has 1 unspecified atom stereocenters. The van der Waals surface area contributed by atoms with Gasteiger partial charge in [0.05, 0.1) is 57.7 Å². The molecule has 3 aromatic heterocycles. The minimum Gasteiger partial charge on any atom is -0.488 e. The molecule has 67 heavy (non-hydrogen) atoms. The number of nitrogens with zero attached hydrogens (tertiary/aromatic N) is 6. The van der Waals surface area contributed by atoms with Gasteiger partial charge in [-0.1, -0.05) is 92.8 Å². The molecule has 0 spiro atoms. The Morgan fingerprint density at radius 3 is 2.45 bits per heavy atom. The number of hydrogen-bond donors (Lipinski definition) is 2. The third kappa shape index (κ3) is 12.3. The van der Waals surface area contributed by atoms with Crippen LogP contribution in [0.4, 0.5) is 0 Å². The first-order valence-corrected chi connectivity index (χ1v) is 24.3. The molecule has 0 aliphatic carbocycles. The highest BCUT2D eigenvalue weighted by atomic mass is 35.5. The number of carbonyl (C=O) groups excluding carboxylic acids is 3. The molecule has 4 heterocycles. The van der Waals surface area contributed by atoms with Gasteiger partial charge in [-0.2, -0.15) is 10.4 Å². The molecular weight excluding hydrogens is 886 g/mol. The summed E-state index contributed by atoms with van der Waals surface area (Å²) < 4.78 is 13.6. The Morgan fingerprint density at radius 1 is 1.00 bits per heavy atom. The van der Waals surface area contributed by atoms with Crippen LogP contribution in [0.15, 0.2) is 95.2 Å². The summed E-state index contributed by atoms with van der Waals surface area (Å²) in [7, 11) is 0. The van der Waals surface area contributed by atoms with E-state index in [2.05, 4.69) is 38.8 Å². The Kier molecular flexibility index (Phi) is 16.4. The SMILES string of the molecule is Cc1ncsc1-c1ccc([C@H](C)CC(=O)C2C[C@@H](O)CN2C(=O)[C@@H](c2oncc2OCCCCCCc2ccc(C(=O)N[C@@H](C)Cn3ccc(-c4ccc(C#N)c(Cl)c4)n3)cc2)C(C)C)cc1. The van der Waals surface area contributed by atoms with Crippen LogP contribution in [-0.4, -0.2) is 78.9 Å². The monoisotopic (exact) mass is 943 g/mol. The predicted octanol–water partition coefficient (Wildman–Crippen LogP) is 9.96. The van der Waals surface area contributed by atoms with Gasteiger partial charge in [0.2, 0.25) is 5.91 Å². The molecule has 1 aliphatic heterocycles. The maximum Gasteiger partial charge on any atom is 0.251 e. The molecule has 0 saturated carbocycles. The molecule has 15 heteroatoms. The van der Waals surface area contributed by atoms with Crippen LogP contribution in [0.3, 0.4) is 0 Å². The number of unbranched alkanes of at least 4 members (excludes halogenated alkanes) is 3. The third-order valence-corrected chi connectivity index (χ3v) is 13.7. The molecule has 1 fully saturated rings. The zero-order valence-corrected chi connectivity index (χ0v) is 40.2. The molecule has 5 atom stereocenters. The molecule has 2 amide bonds. The van der Waals surface area contributed by atoms with Crippen molar-refractivity contribution in [3.63, 3.8) is 0 Å². The number of β-amino-alcohol motifs (C(OH)–C–C–N with tert-alkyl or cyclic N) is 1. The quantitative estimate of drug-likeness (QED) is 0.0661. The maximum atomic E-state index is 14.3. The van der Waals surface area contributed by atoms with Gasteiger partial charge in [-0.25, -0.2) is 4.98 Å². The van der Waals surface area contributed by atoms with Crippen LogP contribution < -0.4 is 10.1 Å². The van der Waals surface area contributed by atoms with Crippen LogP contribution in [0.2, 0.25) is 5.02 Å². The minimum absolute atomic E-state index is 0.0727. The topological polar surface area (TPSA) is 176 Å². The number of ketones is 1. The van der Waals surface area contributed by atoms with Gasteiger partial charge in [-0.3, -0.25) is 19.1 Å². The van der Waals surface area contributed by atoms with E-state index in [1.165, 1.54) is 11.1 Å². The highest BCUT2D eigenvalue weighted by Gasteiger charge is 2.44. The summed E-state index contributed by atoms with van der Waals surface area (Å²) in [5.74, 6) is -0.751. The number of nitriles is 1. The fourth-order valence-electron chi connectivity index (χ4n) is 8.70. The maximum absolute atomic E-state index is 14.3. The summed E-state index contributed by atoms with van der Waals surface area (Å²) >= 11 is 7.80. The van der Waals surface area contributed by atoms with E-state index in [-0.39, 0.29) is 54.9 Å². The van der Waals surface area contributed by atoms with Crippen molar-refractivity contribution in [2.45, 2.75) is 116 Å². The summed E-state index contributed by atoms with van der Waals surface area (Å²) in [6, 6.07) is 24.2. The molecule has 13 nitrogen and oxygen atoms in total. The first-order chi connectivity index (χ1) is 32.3. The van der Waals surface area contributed by atoms with Crippen LogP contribution in [-0.2, 0) is 22.6 Å². The molecule has 0 bridgehead atoms. The number of rotatable bonds is 21. The first kappa shape index (κ1) is 48.8. The number of nitrogens with one attached hydrogen (secondary N) is 1. The summed E-state index contributed by atoms with van der Waals surface area (Å²) in [5, 5.41) is 31.9. The fourth-order valence-corrected chi connectivity index (χ4v) is 9.74. The second-order valence-electron chi connectivity index (χ2n) is 17.9. The van der Waals surface area contributed by atoms with Gasteiger partial charge in [0.1, 0.15) is 18.2 Å². The number of amides is 2. The number of Topliss-reactive ketones (excluding diaryl/α,β-unsaturated/α-hetero) is 1. The molecule has 1 saturated heterocycles. The standard InChI is InChI=1S/C52H58ClN7O6S/c1-32(2)48(52(64)60-30-42(61)26-45(60)46(62)24-33(3)37-15-17-38(18-16-37)50-35(5)55-31-67-50)49-47(28-56-66-49)65-23-9-7-6-8-10-36-11-13-39(14-12-36)51(63)57-34(4)29-59-22-21-44(58-59)40-19-20-41(27-54)43(53)25-40/h11-22,25,28,31-34,42,45,48,61H,6-10,23-24,26,29-30H2,1-5H3,(H,57,63)/t33-,34+,42-,45?,48-/m1/s1. The van der Waals surface area contributed by atoms with Crippen molar-refractivity contribution >= 4 is 40.5 Å².